The van der Waals surface area contributed by atoms with E-state index in [2.05, 4.69) is 5.32 Å². The molecule has 0 aliphatic heterocycles. The molecule has 128 valence electrons. The van der Waals surface area contributed by atoms with Gasteiger partial charge in [-0.2, -0.15) is 0 Å². The van der Waals surface area contributed by atoms with E-state index in [1.165, 1.54) is 0 Å². The molecular formula is C19H24N2O3. The van der Waals surface area contributed by atoms with Gasteiger partial charge in [-0.25, -0.2) is 0 Å². The van der Waals surface area contributed by atoms with Crippen LogP contribution in [0.3, 0.4) is 0 Å². The molecule has 3 N–H and O–H groups in total. The average Bonchev–Trinajstić information content (AvgIpc) is 2.65. The molecular weight excluding hydrogens is 304 g/mol. The number of methoxy groups -OCH3 is 1. The van der Waals surface area contributed by atoms with Crippen molar-refractivity contribution in [2.45, 2.75) is 13.0 Å². The summed E-state index contributed by atoms with van der Waals surface area (Å²) in [6, 6.07) is 16.6. The van der Waals surface area contributed by atoms with Gasteiger partial charge >= 0.3 is 0 Å². The van der Waals surface area contributed by atoms with Crippen LogP contribution in [-0.4, -0.2) is 26.2 Å². The second-order valence-corrected chi connectivity index (χ2v) is 5.54. The molecule has 0 heterocycles. The fraction of sp³-hybridized carbons (Fsp3) is 0.316. The zero-order valence-corrected chi connectivity index (χ0v) is 14.1. The van der Waals surface area contributed by atoms with Crippen LogP contribution in [0.2, 0.25) is 0 Å². The van der Waals surface area contributed by atoms with Crippen LogP contribution in [0.25, 0.3) is 0 Å². The van der Waals surface area contributed by atoms with E-state index in [4.69, 9.17) is 15.2 Å². The Morgan fingerprint density at radius 3 is 2.33 bits per heavy atom. The van der Waals surface area contributed by atoms with E-state index < -0.39 is 0 Å². The molecule has 2 atom stereocenters. The molecule has 0 spiro atoms. The summed E-state index contributed by atoms with van der Waals surface area (Å²) < 4.78 is 10.7. The van der Waals surface area contributed by atoms with Crippen LogP contribution in [0.5, 0.6) is 11.5 Å². The molecule has 5 heteroatoms. The van der Waals surface area contributed by atoms with Gasteiger partial charge in [-0.15, -0.1) is 0 Å². The Kier molecular flexibility index (Phi) is 6.63. The zero-order valence-electron chi connectivity index (χ0n) is 14.1. The maximum absolute atomic E-state index is 12.2. The molecule has 2 rings (SSSR count). The van der Waals surface area contributed by atoms with Crippen molar-refractivity contribution < 1.29 is 14.3 Å². The highest BCUT2D eigenvalue weighted by Crippen LogP contribution is 2.19. The first-order valence-electron chi connectivity index (χ1n) is 7.97. The summed E-state index contributed by atoms with van der Waals surface area (Å²) in [5, 5.41) is 2.86. The van der Waals surface area contributed by atoms with Crippen LogP contribution in [0.1, 0.15) is 18.5 Å². The molecule has 0 saturated carbocycles. The van der Waals surface area contributed by atoms with Crippen molar-refractivity contribution in [1.29, 1.82) is 0 Å². The van der Waals surface area contributed by atoms with Crippen LogP contribution in [0.15, 0.2) is 54.6 Å². The Bertz CT molecular complexity index is 629. The molecule has 0 aliphatic carbocycles. The summed E-state index contributed by atoms with van der Waals surface area (Å²) in [5.41, 5.74) is 7.11. The first-order chi connectivity index (χ1) is 11.6. The van der Waals surface area contributed by atoms with Crippen LogP contribution in [0.4, 0.5) is 0 Å². The number of nitrogens with one attached hydrogen (secondary N) is 1. The SMILES string of the molecule is COc1ccc(OCCNC(=O)C(C)C(N)c2ccccc2)cc1. The number of ether oxygens (including phenoxy) is 2. The van der Waals surface area contributed by atoms with Gasteiger partial charge in [-0.3, -0.25) is 4.79 Å². The number of amides is 1. The molecule has 2 aromatic rings. The van der Waals surface area contributed by atoms with Gasteiger partial charge in [-0.1, -0.05) is 37.3 Å². The van der Waals surface area contributed by atoms with Gasteiger partial charge < -0.3 is 20.5 Å². The predicted octanol–water partition coefficient (Wildman–Crippen LogP) is 2.53. The smallest absolute Gasteiger partial charge is 0.224 e. The van der Waals surface area contributed by atoms with Crippen molar-refractivity contribution in [2.75, 3.05) is 20.3 Å². The summed E-state index contributed by atoms with van der Waals surface area (Å²) in [7, 11) is 1.62. The Morgan fingerprint density at radius 1 is 1.08 bits per heavy atom. The lowest BCUT2D eigenvalue weighted by atomic mass is 9.95. The zero-order chi connectivity index (χ0) is 17.4. The average molecular weight is 328 g/mol. The van der Waals surface area contributed by atoms with E-state index in [1.807, 2.05) is 61.5 Å². The lowest BCUT2D eigenvalue weighted by Crippen LogP contribution is -2.37. The molecule has 2 aromatic carbocycles. The molecule has 0 aromatic heterocycles. The minimum atomic E-state index is -0.325. The van der Waals surface area contributed by atoms with Crippen molar-refractivity contribution in [1.82, 2.24) is 5.32 Å². The topological polar surface area (TPSA) is 73.6 Å². The Balaban J connectivity index is 1.74. The summed E-state index contributed by atoms with van der Waals surface area (Å²) >= 11 is 0. The maximum Gasteiger partial charge on any atom is 0.224 e. The minimum absolute atomic E-state index is 0.0790. The lowest BCUT2D eigenvalue weighted by molar-refractivity contribution is -0.125. The molecule has 0 bridgehead atoms. The third-order valence-electron chi connectivity index (χ3n) is 3.87. The summed E-state index contributed by atoms with van der Waals surface area (Å²) in [6.07, 6.45) is 0. The van der Waals surface area contributed by atoms with E-state index in [0.29, 0.717) is 13.2 Å². The molecule has 0 fully saturated rings. The highest BCUT2D eigenvalue weighted by Gasteiger charge is 2.21. The van der Waals surface area contributed by atoms with E-state index in [1.54, 1.807) is 7.11 Å². The van der Waals surface area contributed by atoms with Gasteiger partial charge in [0.05, 0.1) is 19.6 Å². The molecule has 5 nitrogen and oxygen atoms in total. The number of hydrogen-bond donors (Lipinski definition) is 2. The summed E-state index contributed by atoms with van der Waals surface area (Å²) in [6.45, 7) is 2.65. The van der Waals surface area contributed by atoms with Gasteiger partial charge in [0, 0.05) is 6.04 Å². The standard InChI is InChI=1S/C19H24N2O3/c1-14(18(20)15-6-4-3-5-7-15)19(22)21-12-13-24-17-10-8-16(23-2)9-11-17/h3-11,14,18H,12-13,20H2,1-2H3,(H,21,22). The van der Waals surface area contributed by atoms with E-state index >= 15 is 0 Å². The number of rotatable bonds is 8. The van der Waals surface area contributed by atoms with Crippen molar-refractivity contribution in [3.05, 3.63) is 60.2 Å². The summed E-state index contributed by atoms with van der Waals surface area (Å²) in [5.74, 6) is 1.12. The molecule has 0 saturated heterocycles. The van der Waals surface area contributed by atoms with Gasteiger partial charge in [0.1, 0.15) is 18.1 Å². The third-order valence-corrected chi connectivity index (χ3v) is 3.87. The fourth-order valence-corrected chi connectivity index (χ4v) is 2.30. The van der Waals surface area contributed by atoms with Gasteiger partial charge in [0.2, 0.25) is 5.91 Å². The van der Waals surface area contributed by atoms with Gasteiger partial charge in [-0.05, 0) is 29.8 Å². The monoisotopic (exact) mass is 328 g/mol. The highest BCUT2D eigenvalue weighted by molar-refractivity contribution is 5.79. The molecule has 24 heavy (non-hydrogen) atoms. The molecule has 0 aliphatic rings. The minimum Gasteiger partial charge on any atom is -0.497 e. The number of carbonyl (C=O) groups excluding carboxylic acids is 1. The second-order valence-electron chi connectivity index (χ2n) is 5.54. The fourth-order valence-electron chi connectivity index (χ4n) is 2.30. The molecule has 0 radical (unpaired) electrons. The quantitative estimate of drug-likeness (QED) is 0.730. The van der Waals surface area contributed by atoms with Gasteiger partial charge in [0.15, 0.2) is 0 Å². The van der Waals surface area contributed by atoms with Crippen molar-refractivity contribution >= 4 is 5.91 Å². The predicted molar refractivity (Wildman–Crippen MR) is 94.0 cm³/mol. The summed E-state index contributed by atoms with van der Waals surface area (Å²) in [4.78, 5) is 12.2. The largest absolute Gasteiger partial charge is 0.497 e. The molecule has 1 amide bonds. The molecule has 2 unspecified atom stereocenters. The lowest BCUT2D eigenvalue weighted by Gasteiger charge is -2.19. The third kappa shape index (κ3) is 4.99. The van der Waals surface area contributed by atoms with Crippen molar-refractivity contribution in [2.24, 2.45) is 11.7 Å². The van der Waals surface area contributed by atoms with Crippen molar-refractivity contribution in [3.63, 3.8) is 0 Å². The number of carbonyl (C=O) groups is 1. The van der Waals surface area contributed by atoms with Crippen LogP contribution in [0, 0.1) is 5.92 Å². The number of nitrogens with two attached hydrogens (primary N) is 1. The van der Waals surface area contributed by atoms with Crippen LogP contribution < -0.4 is 20.5 Å². The number of hydrogen-bond acceptors (Lipinski definition) is 4. The second kappa shape index (κ2) is 8.93. The Morgan fingerprint density at radius 2 is 1.71 bits per heavy atom. The van der Waals surface area contributed by atoms with Crippen LogP contribution in [-0.2, 0) is 4.79 Å². The normalized spacial score (nSPS) is 13.0. The maximum atomic E-state index is 12.2. The van der Waals surface area contributed by atoms with E-state index in [9.17, 15) is 4.79 Å². The number of benzene rings is 2. The Labute approximate surface area is 142 Å². The first kappa shape index (κ1) is 17.8. The van der Waals surface area contributed by atoms with Crippen molar-refractivity contribution in [3.8, 4) is 11.5 Å². The van der Waals surface area contributed by atoms with Crippen LogP contribution >= 0.6 is 0 Å². The van der Waals surface area contributed by atoms with E-state index in [0.717, 1.165) is 17.1 Å². The Hall–Kier alpha value is -2.53. The van der Waals surface area contributed by atoms with E-state index in [-0.39, 0.29) is 17.9 Å². The van der Waals surface area contributed by atoms with Gasteiger partial charge in [0.25, 0.3) is 0 Å². The highest BCUT2D eigenvalue weighted by atomic mass is 16.5. The first-order valence-corrected chi connectivity index (χ1v) is 7.97.